The Balaban J connectivity index is 1.49. The largest absolute Gasteiger partial charge is 0.318 e. The van der Waals surface area contributed by atoms with Gasteiger partial charge in [0.25, 0.3) is 5.91 Å². The minimum atomic E-state index is -0.191. The molecule has 4 rings (SSSR count). The summed E-state index contributed by atoms with van der Waals surface area (Å²) in [4.78, 5) is 16.8. The molecular weight excluding hydrogens is 340 g/mol. The lowest BCUT2D eigenvalue weighted by atomic mass is 9.76. The predicted octanol–water partition coefficient (Wildman–Crippen LogP) is 3.38. The highest BCUT2D eigenvalue weighted by molar-refractivity contribution is 6.03. The van der Waals surface area contributed by atoms with E-state index in [4.69, 9.17) is 0 Å². The van der Waals surface area contributed by atoms with E-state index in [9.17, 15) is 4.79 Å². The van der Waals surface area contributed by atoms with Gasteiger partial charge >= 0.3 is 0 Å². The van der Waals surface area contributed by atoms with Crippen molar-refractivity contribution >= 4 is 11.6 Å². The zero-order valence-corrected chi connectivity index (χ0v) is 15.9. The Hall–Kier alpha value is -2.96. The molecule has 0 spiro atoms. The summed E-state index contributed by atoms with van der Waals surface area (Å²) in [6, 6.07) is 3.98. The van der Waals surface area contributed by atoms with Crippen molar-refractivity contribution in [3.05, 3.63) is 59.4 Å². The van der Waals surface area contributed by atoms with Crippen LogP contribution in [0.2, 0.25) is 0 Å². The fourth-order valence-electron chi connectivity index (χ4n) is 3.63. The number of hydrogen-bond donors (Lipinski definition) is 2. The maximum Gasteiger partial charge on any atom is 0.276 e. The molecule has 0 saturated heterocycles. The van der Waals surface area contributed by atoms with Gasteiger partial charge in [-0.15, -0.1) is 0 Å². The highest BCUT2D eigenvalue weighted by Crippen LogP contribution is 2.35. The Labute approximate surface area is 158 Å². The summed E-state index contributed by atoms with van der Waals surface area (Å²) in [6.07, 6.45) is 9.88. The van der Waals surface area contributed by atoms with Crippen molar-refractivity contribution < 1.29 is 4.79 Å². The quantitative estimate of drug-likeness (QED) is 0.743. The Bertz CT molecular complexity index is 956. The number of aromatic nitrogens is 5. The van der Waals surface area contributed by atoms with Gasteiger partial charge in [-0.2, -0.15) is 10.2 Å². The Morgan fingerprint density at radius 3 is 2.89 bits per heavy atom. The third-order valence-electron chi connectivity index (χ3n) is 5.32. The van der Waals surface area contributed by atoms with Crippen LogP contribution in [-0.2, 0) is 12.8 Å². The summed E-state index contributed by atoms with van der Waals surface area (Å²) in [7, 11) is 0. The molecule has 1 unspecified atom stereocenters. The molecule has 3 heterocycles. The van der Waals surface area contributed by atoms with Crippen LogP contribution in [0.1, 0.15) is 60.5 Å². The maximum atomic E-state index is 12.7. The normalized spacial score (nSPS) is 16.6. The first-order chi connectivity index (χ1) is 12.9. The van der Waals surface area contributed by atoms with Crippen molar-refractivity contribution in [2.75, 3.05) is 5.32 Å². The van der Waals surface area contributed by atoms with E-state index in [1.54, 1.807) is 18.6 Å². The standard InChI is InChI=1S/C20H24N6O/c1-13(14-5-8-21-9-6-14)26-12-15(11-22-26)23-19(27)18-16-4-7-20(2,3)10-17(16)24-25-18/h5-6,8-9,11-13H,4,7,10H2,1-3H3,(H,23,27)(H,24,25). The monoisotopic (exact) mass is 364 g/mol. The van der Waals surface area contributed by atoms with Crippen LogP contribution < -0.4 is 5.32 Å². The topological polar surface area (TPSA) is 88.5 Å². The third kappa shape index (κ3) is 3.49. The van der Waals surface area contributed by atoms with Crippen molar-refractivity contribution in [1.82, 2.24) is 25.0 Å². The number of carbonyl (C=O) groups is 1. The van der Waals surface area contributed by atoms with Gasteiger partial charge < -0.3 is 5.32 Å². The summed E-state index contributed by atoms with van der Waals surface area (Å²) in [5, 5.41) is 14.6. The SMILES string of the molecule is CC(c1ccncc1)n1cc(NC(=O)c2n[nH]c3c2CCC(C)(C)C3)cn1. The van der Waals surface area contributed by atoms with E-state index in [0.29, 0.717) is 11.4 Å². The molecule has 0 radical (unpaired) electrons. The number of rotatable bonds is 4. The smallest absolute Gasteiger partial charge is 0.276 e. The number of carbonyl (C=O) groups excluding carboxylic acids is 1. The Morgan fingerprint density at radius 2 is 2.11 bits per heavy atom. The van der Waals surface area contributed by atoms with Gasteiger partial charge in [0, 0.05) is 29.8 Å². The van der Waals surface area contributed by atoms with Gasteiger partial charge in [-0.3, -0.25) is 19.6 Å². The molecule has 1 aliphatic rings. The first-order valence-corrected chi connectivity index (χ1v) is 9.24. The number of nitrogens with zero attached hydrogens (tertiary/aromatic N) is 4. The molecule has 0 aromatic carbocycles. The van der Waals surface area contributed by atoms with Gasteiger partial charge in [-0.25, -0.2) is 0 Å². The number of fused-ring (bicyclic) bond motifs is 1. The molecule has 3 aromatic heterocycles. The lowest BCUT2D eigenvalue weighted by Crippen LogP contribution is -2.23. The molecular formula is C20H24N6O. The van der Waals surface area contributed by atoms with Crippen LogP contribution in [-0.4, -0.2) is 30.9 Å². The predicted molar refractivity (Wildman–Crippen MR) is 103 cm³/mol. The lowest BCUT2D eigenvalue weighted by Gasteiger charge is -2.28. The van der Waals surface area contributed by atoms with Crippen molar-refractivity contribution in [3.63, 3.8) is 0 Å². The molecule has 2 N–H and O–H groups in total. The maximum absolute atomic E-state index is 12.7. The molecule has 1 atom stereocenters. The van der Waals surface area contributed by atoms with Crippen molar-refractivity contribution in [1.29, 1.82) is 0 Å². The van der Waals surface area contributed by atoms with Crippen molar-refractivity contribution in [3.8, 4) is 0 Å². The number of nitrogens with one attached hydrogen (secondary N) is 2. The van der Waals surface area contributed by atoms with E-state index < -0.39 is 0 Å². The second-order valence-corrected chi connectivity index (χ2v) is 7.99. The first-order valence-electron chi connectivity index (χ1n) is 9.24. The fourth-order valence-corrected chi connectivity index (χ4v) is 3.63. The van der Waals surface area contributed by atoms with Crippen LogP contribution in [0.15, 0.2) is 36.9 Å². The second-order valence-electron chi connectivity index (χ2n) is 7.99. The Morgan fingerprint density at radius 1 is 1.33 bits per heavy atom. The van der Waals surface area contributed by atoms with E-state index >= 15 is 0 Å². The highest BCUT2D eigenvalue weighted by atomic mass is 16.2. The van der Waals surface area contributed by atoms with E-state index in [1.165, 1.54) is 0 Å². The molecule has 0 fully saturated rings. The minimum absolute atomic E-state index is 0.0547. The first kappa shape index (κ1) is 17.5. The molecule has 1 amide bonds. The summed E-state index contributed by atoms with van der Waals surface area (Å²) in [5.74, 6) is -0.191. The van der Waals surface area contributed by atoms with Crippen molar-refractivity contribution in [2.45, 2.75) is 46.1 Å². The zero-order chi connectivity index (χ0) is 19.0. The van der Waals surface area contributed by atoms with Crippen LogP contribution in [0.3, 0.4) is 0 Å². The van der Waals surface area contributed by atoms with Crippen molar-refractivity contribution in [2.24, 2.45) is 5.41 Å². The van der Waals surface area contributed by atoms with Crippen LogP contribution >= 0.6 is 0 Å². The summed E-state index contributed by atoms with van der Waals surface area (Å²) in [5.41, 5.74) is 4.64. The average Bonchev–Trinajstić information content (AvgIpc) is 3.27. The van der Waals surface area contributed by atoms with Gasteiger partial charge in [0.1, 0.15) is 0 Å². The lowest BCUT2D eigenvalue weighted by molar-refractivity contribution is 0.102. The van der Waals surface area contributed by atoms with E-state index in [0.717, 1.165) is 36.1 Å². The average molecular weight is 364 g/mol. The molecule has 140 valence electrons. The number of H-pyrrole nitrogens is 1. The van der Waals surface area contributed by atoms with Crippen LogP contribution in [0.25, 0.3) is 0 Å². The molecule has 7 heteroatoms. The summed E-state index contributed by atoms with van der Waals surface area (Å²) < 4.78 is 1.83. The van der Waals surface area contributed by atoms with Crippen LogP contribution in [0.4, 0.5) is 5.69 Å². The molecule has 0 bridgehead atoms. The molecule has 0 aliphatic heterocycles. The number of pyridine rings is 1. The second kappa shape index (κ2) is 6.64. The molecule has 3 aromatic rings. The van der Waals surface area contributed by atoms with E-state index in [2.05, 4.69) is 46.4 Å². The Kier molecular flexibility index (Phi) is 4.30. The van der Waals surface area contributed by atoms with Gasteiger partial charge in [0.2, 0.25) is 0 Å². The molecule has 27 heavy (non-hydrogen) atoms. The fraction of sp³-hybridized carbons (Fsp3) is 0.400. The third-order valence-corrected chi connectivity index (χ3v) is 5.32. The van der Waals surface area contributed by atoms with Gasteiger partial charge in [-0.05, 0) is 49.3 Å². The number of aromatic amines is 1. The van der Waals surface area contributed by atoms with E-state index in [1.807, 2.05) is 23.0 Å². The summed E-state index contributed by atoms with van der Waals surface area (Å²) >= 11 is 0. The zero-order valence-electron chi connectivity index (χ0n) is 15.9. The number of amides is 1. The van der Waals surface area contributed by atoms with Crippen LogP contribution in [0.5, 0.6) is 0 Å². The molecule has 0 saturated carbocycles. The highest BCUT2D eigenvalue weighted by Gasteiger charge is 2.30. The minimum Gasteiger partial charge on any atom is -0.318 e. The van der Waals surface area contributed by atoms with Gasteiger partial charge in [-0.1, -0.05) is 13.8 Å². The van der Waals surface area contributed by atoms with Gasteiger partial charge in [0.05, 0.1) is 17.9 Å². The van der Waals surface area contributed by atoms with E-state index in [-0.39, 0.29) is 17.4 Å². The number of hydrogen-bond acceptors (Lipinski definition) is 4. The molecule has 7 nitrogen and oxygen atoms in total. The molecule has 1 aliphatic carbocycles. The summed E-state index contributed by atoms with van der Waals surface area (Å²) in [6.45, 7) is 6.55. The van der Waals surface area contributed by atoms with Crippen LogP contribution in [0, 0.1) is 5.41 Å². The van der Waals surface area contributed by atoms with Gasteiger partial charge in [0.15, 0.2) is 5.69 Å². The number of anilines is 1.